The predicted molar refractivity (Wildman–Crippen MR) is 55.3 cm³/mol. The zero-order valence-corrected chi connectivity index (χ0v) is 8.09. The van der Waals surface area contributed by atoms with Gasteiger partial charge in [-0.1, -0.05) is 30.3 Å². The molecule has 1 radical (unpaired) electrons. The quantitative estimate of drug-likeness (QED) is 0.707. The van der Waals surface area contributed by atoms with Crippen LogP contribution in [0.1, 0.15) is 5.56 Å². The lowest BCUT2D eigenvalue weighted by atomic mass is 10.1. The van der Waals surface area contributed by atoms with Crippen molar-refractivity contribution in [1.82, 2.24) is 5.31 Å². The second-order valence-corrected chi connectivity index (χ2v) is 3.06. The maximum atomic E-state index is 10.7. The molecule has 1 aromatic rings. The summed E-state index contributed by atoms with van der Waals surface area (Å²) in [7, 11) is 0. The van der Waals surface area contributed by atoms with Crippen LogP contribution in [0.5, 0.6) is 0 Å². The highest BCUT2D eigenvalue weighted by atomic mass is 16.4. The molecule has 0 fully saturated rings. The number of benzene rings is 1. The predicted octanol–water partition coefficient (Wildman–Crippen LogP) is 0.382. The molecule has 0 aliphatic rings. The molecule has 0 aliphatic carbocycles. The van der Waals surface area contributed by atoms with E-state index in [4.69, 9.17) is 6.52 Å². The maximum absolute atomic E-state index is 10.7. The molecular formula is C11H12NO3. The molecule has 0 amide bonds. The normalized spacial score (nSPS) is 13.3. The lowest BCUT2D eigenvalue weighted by molar-refractivity contribution is -0.136. The van der Waals surface area contributed by atoms with Crippen molar-refractivity contribution in [3.63, 3.8) is 0 Å². The van der Waals surface area contributed by atoms with Crippen molar-refractivity contribution < 1.29 is 16.1 Å². The Morgan fingerprint density at radius 2 is 2.20 bits per heavy atom. The molecule has 1 aromatic carbocycles. The molecule has 1 atom stereocenters. The summed E-state index contributed by atoms with van der Waals surface area (Å²) < 4.78 is 7.40. The third kappa shape index (κ3) is 4.37. The fourth-order valence-electron chi connectivity index (χ4n) is 1.17. The minimum absolute atomic E-state index is 0.293. The third-order valence-electron chi connectivity index (χ3n) is 1.85. The van der Waals surface area contributed by atoms with Crippen molar-refractivity contribution >= 4 is 12.3 Å². The molecular weight excluding hydrogens is 194 g/mol. The standard InChI is InChI=1S/C11H12NO3/c13-8-10(12-7-11(14)15)6-9-4-2-1-3-5-9/h1-5,10,12H,6-7H2,(H,14,15)/t10-/m0/s1/i/hD. The lowest BCUT2D eigenvalue weighted by Crippen LogP contribution is -2.36. The minimum Gasteiger partial charge on any atom is -0.480 e. The lowest BCUT2D eigenvalue weighted by Gasteiger charge is -2.09. The first-order valence-corrected chi connectivity index (χ1v) is 4.52. The summed E-state index contributed by atoms with van der Waals surface area (Å²) in [5.74, 6) is -1.14. The Labute approximate surface area is 89.4 Å². The summed E-state index contributed by atoms with van der Waals surface area (Å²) in [6, 6.07) is 8.28. The number of carboxylic acid groups (broad SMARTS) is 1. The zero-order valence-electron chi connectivity index (χ0n) is 9.09. The number of carboxylic acids is 1. The Morgan fingerprint density at radius 3 is 2.73 bits per heavy atom. The second-order valence-electron chi connectivity index (χ2n) is 3.06. The van der Waals surface area contributed by atoms with E-state index in [0.29, 0.717) is 6.42 Å². The van der Waals surface area contributed by atoms with Crippen LogP contribution in [0.4, 0.5) is 0 Å². The molecule has 0 saturated carbocycles. The van der Waals surface area contributed by atoms with Gasteiger partial charge in [-0.3, -0.25) is 14.9 Å². The van der Waals surface area contributed by atoms with E-state index in [0.717, 1.165) is 10.9 Å². The molecule has 1 rings (SSSR count). The minimum atomic E-state index is -1.14. The van der Waals surface area contributed by atoms with Crippen LogP contribution in [0, 0.1) is 0 Å². The molecule has 0 heterocycles. The van der Waals surface area contributed by atoms with Crippen LogP contribution in [0.2, 0.25) is 1.41 Å². The van der Waals surface area contributed by atoms with E-state index in [9.17, 15) is 9.59 Å². The van der Waals surface area contributed by atoms with Crippen molar-refractivity contribution in [3.05, 3.63) is 35.9 Å². The first-order valence-electron chi connectivity index (χ1n) is 4.97. The SMILES string of the molecule is [2H]N(CC(=O)O)[C@H]([C]=O)Cc1ccccc1. The van der Waals surface area contributed by atoms with Crippen molar-refractivity contribution in [2.45, 2.75) is 12.5 Å². The number of carbonyl (C=O) groups excluding carboxylic acids is 1. The first kappa shape index (κ1) is 9.86. The van der Waals surface area contributed by atoms with Gasteiger partial charge in [0, 0.05) is 0 Å². The summed E-state index contributed by atoms with van der Waals surface area (Å²) in [6.45, 7) is -0.493. The van der Waals surface area contributed by atoms with E-state index >= 15 is 0 Å². The van der Waals surface area contributed by atoms with Gasteiger partial charge in [-0.05, 0) is 12.0 Å². The first-order chi connectivity index (χ1) is 7.63. The number of rotatable bonds is 6. The second kappa shape index (κ2) is 5.93. The van der Waals surface area contributed by atoms with E-state index in [-0.39, 0.29) is 0 Å². The Balaban J connectivity index is 2.62. The average Bonchev–Trinajstić information content (AvgIpc) is 2.26. The Hall–Kier alpha value is -1.68. The van der Waals surface area contributed by atoms with E-state index in [1.54, 1.807) is 6.29 Å². The van der Waals surface area contributed by atoms with Gasteiger partial charge in [0.25, 0.3) is 0 Å². The van der Waals surface area contributed by atoms with Crippen LogP contribution in [0.15, 0.2) is 30.3 Å². The van der Waals surface area contributed by atoms with Gasteiger partial charge in [0.1, 0.15) is 1.41 Å². The van der Waals surface area contributed by atoms with Gasteiger partial charge in [-0.25, -0.2) is 0 Å². The van der Waals surface area contributed by atoms with Gasteiger partial charge in [-0.2, -0.15) is 0 Å². The van der Waals surface area contributed by atoms with Crippen LogP contribution in [-0.2, 0) is 16.0 Å². The molecule has 4 heteroatoms. The number of carbonyl (C=O) groups is 1. The smallest absolute Gasteiger partial charge is 0.317 e. The summed E-state index contributed by atoms with van der Waals surface area (Å²) in [6.07, 6.45) is 1.97. The van der Waals surface area contributed by atoms with E-state index in [1.165, 1.54) is 0 Å². The van der Waals surface area contributed by atoms with Crippen molar-refractivity contribution in [2.75, 3.05) is 6.54 Å². The highest BCUT2D eigenvalue weighted by molar-refractivity contribution is 5.70. The van der Waals surface area contributed by atoms with Gasteiger partial charge in [-0.15, -0.1) is 0 Å². The Bertz CT molecular complexity index is 356. The number of hydrogen-bond donors (Lipinski definition) is 2. The van der Waals surface area contributed by atoms with Crippen LogP contribution in [-0.4, -0.2) is 29.9 Å². The molecule has 0 bridgehead atoms. The fraction of sp³-hybridized carbons (Fsp3) is 0.273. The van der Waals surface area contributed by atoms with Crippen LogP contribution < -0.4 is 5.31 Å². The van der Waals surface area contributed by atoms with E-state index in [1.807, 2.05) is 30.3 Å². The molecule has 0 spiro atoms. The fourth-order valence-corrected chi connectivity index (χ4v) is 1.17. The van der Waals surface area contributed by atoms with Crippen LogP contribution in [0.25, 0.3) is 0 Å². The molecule has 4 nitrogen and oxygen atoms in total. The van der Waals surface area contributed by atoms with Crippen molar-refractivity contribution in [1.29, 1.82) is 0 Å². The monoisotopic (exact) mass is 207 g/mol. The van der Waals surface area contributed by atoms with Gasteiger partial charge >= 0.3 is 5.97 Å². The number of nitrogens with one attached hydrogen (secondary N) is 1. The highest BCUT2D eigenvalue weighted by Gasteiger charge is 2.09. The number of aliphatic carboxylic acids is 1. The topological polar surface area (TPSA) is 66.4 Å². The Kier molecular flexibility index (Phi) is 3.90. The van der Waals surface area contributed by atoms with Gasteiger partial charge in [0.05, 0.1) is 12.6 Å². The third-order valence-corrected chi connectivity index (χ3v) is 1.85. The van der Waals surface area contributed by atoms with Crippen molar-refractivity contribution in [2.24, 2.45) is 0 Å². The molecule has 15 heavy (non-hydrogen) atoms. The molecule has 0 aromatic heterocycles. The zero-order chi connectivity index (χ0) is 12.0. The van der Waals surface area contributed by atoms with E-state index < -0.39 is 18.6 Å². The largest absolute Gasteiger partial charge is 0.480 e. The van der Waals surface area contributed by atoms with Gasteiger partial charge < -0.3 is 5.11 Å². The maximum Gasteiger partial charge on any atom is 0.317 e. The molecule has 0 aliphatic heterocycles. The van der Waals surface area contributed by atoms with Gasteiger partial charge in [0.2, 0.25) is 6.29 Å². The summed E-state index contributed by atoms with van der Waals surface area (Å²) in [5.41, 5.74) is 0.874. The summed E-state index contributed by atoms with van der Waals surface area (Å²) in [4.78, 5) is 21.0. The Morgan fingerprint density at radius 1 is 1.53 bits per heavy atom. The highest BCUT2D eigenvalue weighted by Crippen LogP contribution is 2.01. The van der Waals surface area contributed by atoms with Crippen LogP contribution in [0.3, 0.4) is 0 Å². The average molecular weight is 207 g/mol. The van der Waals surface area contributed by atoms with Gasteiger partial charge in [0.15, 0.2) is 0 Å². The molecule has 2 N–H and O–H groups in total. The number of hydrogen-bond acceptors (Lipinski definition) is 3. The van der Waals surface area contributed by atoms with Crippen LogP contribution >= 0.6 is 0 Å². The molecule has 0 unspecified atom stereocenters. The summed E-state index contributed by atoms with van der Waals surface area (Å²) in [5, 5.41) is 9.23. The summed E-state index contributed by atoms with van der Waals surface area (Å²) >= 11 is 0. The van der Waals surface area contributed by atoms with E-state index in [2.05, 4.69) is 0 Å². The molecule has 79 valence electrons. The van der Waals surface area contributed by atoms with Crippen molar-refractivity contribution in [3.8, 4) is 0 Å². The molecule has 0 saturated heterocycles.